The Morgan fingerprint density at radius 1 is 0.645 bits per heavy atom. The second kappa shape index (κ2) is 19.8. The second-order valence-electron chi connectivity index (χ2n) is 16.2. The Morgan fingerprint density at radius 2 is 1.09 bits per heavy atom. The third-order valence-electron chi connectivity index (χ3n) is 11.7. The number of thiophene rings is 2. The minimum absolute atomic E-state index is 0.0228. The lowest BCUT2D eigenvalue weighted by atomic mass is 10.1. The summed E-state index contributed by atoms with van der Waals surface area (Å²) < 4.78 is 119. The van der Waals surface area contributed by atoms with Gasteiger partial charge in [0.2, 0.25) is 11.6 Å². The normalized spacial score (nSPS) is 11.9. The van der Waals surface area contributed by atoms with Gasteiger partial charge in [0.05, 0.1) is 100 Å². The molecule has 29 heteroatoms. The van der Waals surface area contributed by atoms with Gasteiger partial charge in [-0.25, -0.2) is 37.5 Å². The number of fused-ring (bicyclic) bond motifs is 4. The zero-order chi connectivity index (χ0) is 54.9. The highest BCUT2D eigenvalue weighted by Crippen LogP contribution is 2.41. The SMILES string of the molecule is COc1cc(-c2cc3c(s2)c(=O)n(-c2cncc4nc(C(F)(F)F)n(C)c24)c(=O)n3CCC#N)c(Cl)cc1F.Cn1c(C(F)(F)F)nc2cncc(-n3c(=O)c4sc(-c5ccc(F)cc5Cl)cc4n(CCC#N)c3=O)c21. The minimum atomic E-state index is -4.80. The summed E-state index contributed by atoms with van der Waals surface area (Å²) in [6, 6.07) is 13.0. The lowest BCUT2D eigenvalue weighted by molar-refractivity contribution is -0.147. The first kappa shape index (κ1) is 52.6. The van der Waals surface area contributed by atoms with Crippen LogP contribution in [0.1, 0.15) is 24.5 Å². The van der Waals surface area contributed by atoms with Crippen LogP contribution in [0.3, 0.4) is 0 Å². The van der Waals surface area contributed by atoms with Crippen LogP contribution >= 0.6 is 45.9 Å². The highest BCUT2D eigenvalue weighted by atomic mass is 35.5. The number of alkyl halides is 6. The van der Waals surface area contributed by atoms with Gasteiger partial charge in [0.1, 0.15) is 26.3 Å². The van der Waals surface area contributed by atoms with Crippen LogP contribution in [0.15, 0.2) is 86.4 Å². The van der Waals surface area contributed by atoms with Gasteiger partial charge in [0.15, 0.2) is 11.6 Å². The van der Waals surface area contributed by atoms with Gasteiger partial charge in [0.25, 0.3) is 11.1 Å². The molecule has 0 unspecified atom stereocenters. The summed E-state index contributed by atoms with van der Waals surface area (Å²) in [6.45, 7) is -0.215. The van der Waals surface area contributed by atoms with Crippen molar-refractivity contribution in [2.24, 2.45) is 14.1 Å². The van der Waals surface area contributed by atoms with Crippen molar-refractivity contribution in [3.05, 3.63) is 142 Å². The van der Waals surface area contributed by atoms with Gasteiger partial charge in [-0.1, -0.05) is 23.2 Å². The summed E-state index contributed by atoms with van der Waals surface area (Å²) >= 11 is 14.4. The van der Waals surface area contributed by atoms with E-state index < -0.39 is 58.1 Å². The van der Waals surface area contributed by atoms with Crippen LogP contribution in [-0.2, 0) is 39.5 Å². The van der Waals surface area contributed by atoms with E-state index in [0.717, 1.165) is 87.4 Å². The van der Waals surface area contributed by atoms with Crippen molar-refractivity contribution in [1.29, 1.82) is 10.5 Å². The van der Waals surface area contributed by atoms with E-state index in [9.17, 15) is 54.3 Å². The predicted molar refractivity (Wildman–Crippen MR) is 265 cm³/mol. The molecule has 0 N–H and O–H groups in total. The number of halogens is 10. The van der Waals surface area contributed by atoms with Gasteiger partial charge in [0, 0.05) is 48.1 Å². The van der Waals surface area contributed by atoms with Crippen molar-refractivity contribution in [1.82, 2.24) is 47.3 Å². The smallest absolute Gasteiger partial charge is 0.449 e. The van der Waals surface area contributed by atoms with Crippen molar-refractivity contribution in [2.45, 2.75) is 38.3 Å². The average molecular weight is 1130 g/mol. The van der Waals surface area contributed by atoms with Crippen molar-refractivity contribution >= 4 is 88.4 Å². The molecular weight excluding hydrogens is 1100 g/mol. The van der Waals surface area contributed by atoms with Crippen LogP contribution in [-0.4, -0.2) is 54.4 Å². The quantitative estimate of drug-likeness (QED) is 0.124. The average Bonchev–Trinajstić information content (AvgIpc) is 4.21. The number of pyridine rings is 2. The van der Waals surface area contributed by atoms with Crippen LogP contribution in [0.5, 0.6) is 5.75 Å². The molecule has 0 radical (unpaired) electrons. The lowest BCUT2D eigenvalue weighted by Crippen LogP contribution is -2.38. The summed E-state index contributed by atoms with van der Waals surface area (Å²) in [7, 11) is 3.52. The number of aryl methyl sites for hydroxylation is 4. The van der Waals surface area contributed by atoms with Crippen LogP contribution in [0.2, 0.25) is 10.0 Å². The number of hydrogen-bond donors (Lipinski definition) is 0. The van der Waals surface area contributed by atoms with Gasteiger partial charge in [-0.05, 0) is 42.5 Å². The van der Waals surface area contributed by atoms with Crippen LogP contribution in [0.25, 0.3) is 74.8 Å². The standard InChI is InChI=1S/C24H15ClF4N6O3S.C23H13ClF4N6O2S/c1-33-19-14(32-22(33)24(27,28)29)9-31-10-16(19)35-21(36)20-15(34(23(35)37)5-3-4-30)8-18(39-20)11-6-17(38-2)13(26)7-12(11)25;1-32-18-14(31-21(32)23(26,27)28)9-30-10-16(18)34-20(35)19-15(33(22(34)36)6-2-5-29)8-17(37-19)12-4-3-11(25)7-13(12)24/h6-10H,3,5H2,1-2H3;3-4,7-10H,2,6H2,1H3. The third kappa shape index (κ3) is 9.03. The molecule has 2 aromatic carbocycles. The molecule has 0 atom stereocenters. The maximum Gasteiger partial charge on any atom is 0.449 e. The first-order valence-electron chi connectivity index (χ1n) is 21.6. The molecule has 0 bridgehead atoms. The van der Waals surface area contributed by atoms with Gasteiger partial charge in [-0.15, -0.1) is 22.7 Å². The molecule has 10 aromatic rings. The molecule has 0 amide bonds. The molecule has 10 rings (SSSR count). The Kier molecular flexibility index (Phi) is 13.7. The first-order chi connectivity index (χ1) is 36.0. The summed E-state index contributed by atoms with van der Waals surface area (Å²) in [5, 5.41) is 18.4. The molecule has 0 aliphatic rings. The van der Waals surface area contributed by atoms with E-state index in [2.05, 4.69) is 19.9 Å². The number of methoxy groups -OCH3 is 1. The van der Waals surface area contributed by atoms with Gasteiger partial charge >= 0.3 is 23.7 Å². The fourth-order valence-electron chi connectivity index (χ4n) is 8.44. The fourth-order valence-corrected chi connectivity index (χ4v) is 11.3. The molecular formula is C47H28Cl2F8N12O5S2. The van der Waals surface area contributed by atoms with E-state index in [1.54, 1.807) is 0 Å². The maximum absolute atomic E-state index is 14.1. The van der Waals surface area contributed by atoms with Crippen LogP contribution in [0.4, 0.5) is 35.1 Å². The van der Waals surface area contributed by atoms with Gasteiger partial charge in [-0.3, -0.25) is 28.7 Å². The highest BCUT2D eigenvalue weighted by molar-refractivity contribution is 7.22. The Bertz CT molecular complexity index is 4390. The van der Waals surface area contributed by atoms with Crippen molar-refractivity contribution in [3.63, 3.8) is 0 Å². The van der Waals surface area contributed by atoms with Crippen LogP contribution in [0, 0.1) is 34.3 Å². The molecule has 8 aromatic heterocycles. The first-order valence-corrected chi connectivity index (χ1v) is 24.0. The van der Waals surface area contributed by atoms with E-state index >= 15 is 0 Å². The summed E-state index contributed by atoms with van der Waals surface area (Å²) in [6.07, 6.45) is -5.36. The number of aromatic nitrogens is 10. The monoisotopic (exact) mass is 1130 g/mol. The van der Waals surface area contributed by atoms with Crippen molar-refractivity contribution in [2.75, 3.05) is 7.11 Å². The molecule has 388 valence electrons. The van der Waals surface area contributed by atoms with E-state index in [0.29, 0.717) is 25.4 Å². The van der Waals surface area contributed by atoms with Gasteiger partial charge < -0.3 is 13.9 Å². The second-order valence-corrected chi connectivity index (χ2v) is 19.2. The highest BCUT2D eigenvalue weighted by Gasteiger charge is 2.39. The molecule has 76 heavy (non-hydrogen) atoms. The molecule has 0 spiro atoms. The maximum atomic E-state index is 14.1. The number of hydrogen-bond acceptors (Lipinski definition) is 13. The van der Waals surface area contributed by atoms with E-state index in [-0.39, 0.29) is 95.6 Å². The molecule has 0 aliphatic carbocycles. The number of nitriles is 2. The Hall–Kier alpha value is -8.24. The van der Waals surface area contributed by atoms with E-state index in [1.807, 2.05) is 12.1 Å². The lowest BCUT2D eigenvalue weighted by Gasteiger charge is -2.12. The van der Waals surface area contributed by atoms with Crippen LogP contribution < -0.4 is 27.2 Å². The minimum Gasteiger partial charge on any atom is -0.494 e. The summed E-state index contributed by atoms with van der Waals surface area (Å²) in [5.74, 6) is -3.81. The molecule has 0 aliphatic heterocycles. The molecule has 17 nitrogen and oxygen atoms in total. The molecule has 8 heterocycles. The number of benzene rings is 2. The zero-order valence-electron chi connectivity index (χ0n) is 38.7. The van der Waals surface area contributed by atoms with Crippen molar-refractivity contribution in [3.8, 4) is 50.1 Å². The number of imidazole rings is 2. The zero-order valence-corrected chi connectivity index (χ0v) is 41.8. The Morgan fingerprint density at radius 3 is 1.51 bits per heavy atom. The topological polar surface area (TPSA) is 206 Å². The predicted octanol–water partition coefficient (Wildman–Crippen LogP) is 9.78. The number of nitrogens with zero attached hydrogens (tertiary/aromatic N) is 12. The largest absolute Gasteiger partial charge is 0.494 e. The fraction of sp³-hybridized carbons (Fsp3) is 0.191. The van der Waals surface area contributed by atoms with Crippen molar-refractivity contribution < 1.29 is 39.9 Å². The Balaban J connectivity index is 0.000000186. The van der Waals surface area contributed by atoms with E-state index in [4.69, 9.17) is 38.5 Å². The molecule has 0 fully saturated rings. The number of ether oxygens (including phenoxy) is 1. The molecule has 0 saturated carbocycles. The van der Waals surface area contributed by atoms with E-state index in [1.165, 1.54) is 46.6 Å². The number of rotatable bonds is 9. The van der Waals surface area contributed by atoms with Gasteiger partial charge in [-0.2, -0.15) is 36.9 Å². The summed E-state index contributed by atoms with van der Waals surface area (Å²) in [4.78, 5) is 70.5. The Labute approximate surface area is 436 Å². The molecule has 0 saturated heterocycles. The third-order valence-corrected chi connectivity index (χ3v) is 14.7. The summed E-state index contributed by atoms with van der Waals surface area (Å²) in [5.41, 5.74) is -3.24.